The molecule has 0 fully saturated rings. The first-order valence-corrected chi connectivity index (χ1v) is 13.5. The van der Waals surface area contributed by atoms with Crippen molar-refractivity contribution >= 4 is 43.4 Å². The number of anilines is 1. The van der Waals surface area contributed by atoms with Crippen LogP contribution in [0.5, 0.6) is 11.5 Å². The molecule has 7 nitrogen and oxygen atoms in total. The average molecular weight is 577 g/mol. The fourth-order valence-corrected chi connectivity index (χ4v) is 5.57. The Morgan fingerprint density at radius 1 is 0.892 bits per heavy atom. The Balaban J connectivity index is 1.48. The van der Waals surface area contributed by atoms with Gasteiger partial charge in [0.05, 0.1) is 12.7 Å². The van der Waals surface area contributed by atoms with Crippen LogP contribution in [0, 0.1) is 0 Å². The minimum absolute atomic E-state index is 0.171. The van der Waals surface area contributed by atoms with E-state index >= 15 is 0 Å². The van der Waals surface area contributed by atoms with E-state index in [1.807, 2.05) is 35.2 Å². The van der Waals surface area contributed by atoms with Crippen LogP contribution in [0.2, 0.25) is 0 Å². The van der Waals surface area contributed by atoms with Crippen molar-refractivity contribution in [1.29, 1.82) is 0 Å². The van der Waals surface area contributed by atoms with E-state index in [-0.39, 0.29) is 4.90 Å². The van der Waals surface area contributed by atoms with Crippen molar-refractivity contribution in [2.75, 3.05) is 12.0 Å². The molecule has 0 aromatic heterocycles. The number of ether oxygens (including phenoxy) is 2. The summed E-state index contributed by atoms with van der Waals surface area (Å²) in [5.41, 5.74) is 2.56. The molecule has 9 heteroatoms. The second-order valence-corrected chi connectivity index (χ2v) is 10.7. The van der Waals surface area contributed by atoms with Crippen molar-refractivity contribution in [3.63, 3.8) is 0 Å². The molecule has 0 spiro atoms. The minimum atomic E-state index is -3.82. The number of amidine groups is 1. The van der Waals surface area contributed by atoms with Crippen LogP contribution in [0.15, 0.2) is 111 Å². The van der Waals surface area contributed by atoms with Gasteiger partial charge in [0, 0.05) is 22.3 Å². The highest BCUT2D eigenvalue weighted by atomic mass is 79.9. The molecule has 0 unspecified atom stereocenters. The second-order valence-electron chi connectivity index (χ2n) is 8.21. The molecule has 0 saturated heterocycles. The number of hydrogen-bond acceptors (Lipinski definition) is 6. The summed E-state index contributed by atoms with van der Waals surface area (Å²) in [5, 5.41) is 0. The lowest BCUT2D eigenvalue weighted by Gasteiger charge is -2.25. The van der Waals surface area contributed by atoms with Gasteiger partial charge in [0.15, 0.2) is 5.84 Å². The highest BCUT2D eigenvalue weighted by Gasteiger charge is 2.32. The maximum Gasteiger partial charge on any atom is 0.343 e. The van der Waals surface area contributed by atoms with Crippen molar-refractivity contribution < 1.29 is 22.7 Å². The van der Waals surface area contributed by atoms with Crippen molar-refractivity contribution in [2.45, 2.75) is 11.4 Å². The summed E-state index contributed by atoms with van der Waals surface area (Å²) >= 11 is 3.35. The van der Waals surface area contributed by atoms with Crippen LogP contribution in [0.3, 0.4) is 0 Å². The third kappa shape index (κ3) is 5.28. The zero-order valence-electron chi connectivity index (χ0n) is 19.7. The summed E-state index contributed by atoms with van der Waals surface area (Å²) in [5.74, 6) is 0.923. The number of esters is 1. The Morgan fingerprint density at radius 2 is 1.59 bits per heavy atom. The lowest BCUT2D eigenvalue weighted by Crippen LogP contribution is -2.30. The molecule has 0 bridgehead atoms. The predicted octanol–water partition coefficient (Wildman–Crippen LogP) is 5.83. The second kappa shape index (κ2) is 10.2. The van der Waals surface area contributed by atoms with E-state index in [4.69, 9.17) is 9.47 Å². The Bertz CT molecular complexity index is 1600. The average Bonchev–Trinajstić information content (AvgIpc) is 3.18. The summed E-state index contributed by atoms with van der Waals surface area (Å²) in [6.07, 6.45) is 0. The van der Waals surface area contributed by atoms with Crippen molar-refractivity contribution in [2.24, 2.45) is 4.40 Å². The number of hydrogen-bond donors (Lipinski definition) is 0. The molecule has 0 N–H and O–H groups in total. The van der Waals surface area contributed by atoms with E-state index < -0.39 is 16.0 Å². The molecule has 4 aromatic carbocycles. The van der Waals surface area contributed by atoms with E-state index in [9.17, 15) is 13.2 Å². The molecule has 0 amide bonds. The van der Waals surface area contributed by atoms with E-state index in [1.54, 1.807) is 73.8 Å². The van der Waals surface area contributed by atoms with Gasteiger partial charge in [-0.25, -0.2) is 4.79 Å². The summed E-state index contributed by atoms with van der Waals surface area (Å²) in [4.78, 5) is 14.5. The maximum absolute atomic E-state index is 12.8. The number of carbonyl (C=O) groups excluding carboxylic acids is 1. The van der Waals surface area contributed by atoms with Gasteiger partial charge in [-0.1, -0.05) is 46.3 Å². The van der Waals surface area contributed by atoms with Gasteiger partial charge in [-0.3, -0.25) is 0 Å². The molecule has 1 heterocycles. The van der Waals surface area contributed by atoms with Crippen LogP contribution in [-0.2, 0) is 16.6 Å². The maximum atomic E-state index is 12.8. The fourth-order valence-electron chi connectivity index (χ4n) is 3.96. The zero-order chi connectivity index (χ0) is 26.0. The van der Waals surface area contributed by atoms with Gasteiger partial charge in [-0.05, 0) is 72.3 Å². The Kier molecular flexibility index (Phi) is 6.82. The monoisotopic (exact) mass is 576 g/mol. The van der Waals surface area contributed by atoms with E-state index in [0.29, 0.717) is 34.9 Å². The minimum Gasteiger partial charge on any atom is -0.497 e. The first kappa shape index (κ1) is 24.7. The molecule has 1 aliphatic heterocycles. The first-order chi connectivity index (χ1) is 17.8. The molecule has 186 valence electrons. The number of rotatable bonds is 6. The van der Waals surface area contributed by atoms with Gasteiger partial charge in [-0.15, -0.1) is 4.40 Å². The third-order valence-electron chi connectivity index (χ3n) is 5.79. The number of nitrogens with zero attached hydrogens (tertiary/aromatic N) is 2. The van der Waals surface area contributed by atoms with Gasteiger partial charge >= 0.3 is 5.97 Å². The number of fused-ring (bicyclic) bond motifs is 1. The highest BCUT2D eigenvalue weighted by molar-refractivity contribution is 9.10. The van der Waals surface area contributed by atoms with Gasteiger partial charge in [0.1, 0.15) is 16.4 Å². The number of benzene rings is 4. The van der Waals surface area contributed by atoms with Gasteiger partial charge in [0.25, 0.3) is 10.0 Å². The van der Waals surface area contributed by atoms with Gasteiger partial charge in [0.2, 0.25) is 0 Å². The van der Waals surface area contributed by atoms with Crippen molar-refractivity contribution in [1.82, 2.24) is 0 Å². The van der Waals surface area contributed by atoms with Gasteiger partial charge < -0.3 is 14.4 Å². The molecule has 0 saturated carbocycles. The lowest BCUT2D eigenvalue weighted by atomic mass is 10.1. The Morgan fingerprint density at radius 3 is 2.30 bits per heavy atom. The van der Waals surface area contributed by atoms with Gasteiger partial charge in [-0.2, -0.15) is 8.42 Å². The van der Waals surface area contributed by atoms with Crippen LogP contribution in [-0.4, -0.2) is 27.3 Å². The highest BCUT2D eigenvalue weighted by Crippen LogP contribution is 2.32. The predicted molar refractivity (Wildman–Crippen MR) is 145 cm³/mol. The van der Waals surface area contributed by atoms with Crippen LogP contribution >= 0.6 is 15.9 Å². The number of methoxy groups -OCH3 is 1. The van der Waals surface area contributed by atoms with Crippen LogP contribution in [0.1, 0.15) is 21.5 Å². The summed E-state index contributed by atoms with van der Waals surface area (Å²) in [6, 6.07) is 28.1. The topological polar surface area (TPSA) is 85.3 Å². The SMILES string of the molecule is COc1ccc(CN(C2=NS(=O)(=O)c3ccccc32)c2ccc(OC(=O)c3cccc(Br)c3)cc2)cc1. The molecule has 1 aliphatic rings. The molecule has 0 atom stereocenters. The molecular weight excluding hydrogens is 556 g/mol. The standard InChI is InChI=1S/C28H21BrN2O5S/c1-35-23-13-9-19(10-14-23)18-31(27-25-7-2-3-8-26(25)37(33,34)30-27)22-11-15-24(16-12-22)36-28(32)20-5-4-6-21(29)17-20/h2-17H,18H2,1H3. The number of halogens is 1. The molecule has 0 radical (unpaired) electrons. The smallest absolute Gasteiger partial charge is 0.343 e. The Labute approximate surface area is 223 Å². The van der Waals surface area contributed by atoms with Crippen molar-refractivity contribution in [3.05, 3.63) is 118 Å². The number of sulfonamides is 1. The normalized spacial score (nSPS) is 13.4. The summed E-state index contributed by atoms with van der Waals surface area (Å²) in [6.45, 7) is 0.351. The van der Waals surface area contributed by atoms with Crippen LogP contribution in [0.25, 0.3) is 0 Å². The summed E-state index contributed by atoms with van der Waals surface area (Å²) < 4.78 is 41.2. The first-order valence-electron chi connectivity index (χ1n) is 11.3. The van der Waals surface area contributed by atoms with Crippen LogP contribution < -0.4 is 14.4 Å². The molecular formula is C28H21BrN2O5S. The molecule has 0 aliphatic carbocycles. The molecule has 5 rings (SSSR count). The quantitative estimate of drug-likeness (QED) is 0.212. The molecule has 37 heavy (non-hydrogen) atoms. The fraction of sp³-hybridized carbons (Fsp3) is 0.0714. The third-order valence-corrected chi connectivity index (χ3v) is 7.61. The van der Waals surface area contributed by atoms with E-state index in [1.165, 1.54) is 0 Å². The largest absolute Gasteiger partial charge is 0.497 e. The summed E-state index contributed by atoms with van der Waals surface area (Å²) in [7, 11) is -2.22. The van der Waals surface area contributed by atoms with Crippen molar-refractivity contribution in [3.8, 4) is 11.5 Å². The van der Waals surface area contributed by atoms with E-state index in [2.05, 4.69) is 20.3 Å². The van der Waals surface area contributed by atoms with E-state index in [0.717, 1.165) is 15.8 Å². The number of carbonyl (C=O) groups is 1. The van der Waals surface area contributed by atoms with Crippen LogP contribution in [0.4, 0.5) is 5.69 Å². The zero-order valence-corrected chi connectivity index (χ0v) is 22.1. The molecule has 4 aromatic rings. The Hall–Kier alpha value is -3.95. The lowest BCUT2D eigenvalue weighted by molar-refractivity contribution is 0.0734.